The van der Waals surface area contributed by atoms with E-state index < -0.39 is 11.7 Å². The highest BCUT2D eigenvalue weighted by atomic mass is 79.9. The molecule has 1 atom stereocenters. The fourth-order valence-corrected chi connectivity index (χ4v) is 2.71. The van der Waals surface area contributed by atoms with Gasteiger partial charge in [-0.15, -0.1) is 0 Å². The Morgan fingerprint density at radius 1 is 1.31 bits per heavy atom. The summed E-state index contributed by atoms with van der Waals surface area (Å²) in [6.45, 7) is 4.17. The largest absolute Gasteiger partial charge is 0.475 e. The lowest BCUT2D eigenvalue weighted by Gasteiger charge is -2.28. The van der Waals surface area contributed by atoms with Crippen molar-refractivity contribution in [3.05, 3.63) is 52.4 Å². The van der Waals surface area contributed by atoms with E-state index in [-0.39, 0.29) is 24.4 Å². The van der Waals surface area contributed by atoms with Crippen molar-refractivity contribution in [2.75, 3.05) is 13.2 Å². The smallest absolute Gasteiger partial charge is 0.417 e. The molecule has 9 heteroatoms. The Labute approximate surface area is 157 Å². The van der Waals surface area contributed by atoms with Crippen LogP contribution in [0.5, 0.6) is 5.88 Å². The lowest BCUT2D eigenvalue weighted by Crippen LogP contribution is -2.42. The topological polar surface area (TPSA) is 55.3 Å². The Morgan fingerprint density at radius 2 is 2.04 bits per heavy atom. The van der Waals surface area contributed by atoms with Gasteiger partial charge >= 0.3 is 6.18 Å². The maximum Gasteiger partial charge on any atom is 0.417 e. The first-order valence-electron chi connectivity index (χ1n) is 7.80. The monoisotopic (exact) mass is 431 g/mol. The number of carbonyl (C=O) groups excluding carboxylic acids is 1. The quantitative estimate of drug-likeness (QED) is 0.687. The summed E-state index contributed by atoms with van der Waals surface area (Å²) in [7, 11) is 0. The minimum atomic E-state index is -4.44. The second kappa shape index (κ2) is 8.48. The van der Waals surface area contributed by atoms with Crippen LogP contribution in [-0.2, 0) is 6.18 Å². The summed E-state index contributed by atoms with van der Waals surface area (Å²) in [5, 5.41) is 0. The zero-order chi connectivity index (χ0) is 19.3. The molecular weight excluding hydrogens is 415 g/mol. The maximum atomic E-state index is 12.7. The van der Waals surface area contributed by atoms with Gasteiger partial charge in [0.15, 0.2) is 0 Å². The highest BCUT2D eigenvalue weighted by Gasteiger charge is 2.30. The number of halogens is 4. The molecule has 2 aromatic heterocycles. The van der Waals surface area contributed by atoms with E-state index in [1.54, 1.807) is 17.9 Å². The first-order valence-corrected chi connectivity index (χ1v) is 8.59. The molecule has 0 fully saturated rings. The van der Waals surface area contributed by atoms with Crippen LogP contribution in [0.3, 0.4) is 0 Å². The first kappa shape index (κ1) is 20.2. The van der Waals surface area contributed by atoms with E-state index in [1.807, 2.05) is 6.92 Å². The molecule has 1 amide bonds. The van der Waals surface area contributed by atoms with Gasteiger partial charge in [0, 0.05) is 35.7 Å². The molecule has 0 aliphatic heterocycles. The van der Waals surface area contributed by atoms with Crippen LogP contribution in [0.4, 0.5) is 13.2 Å². The second-order valence-corrected chi connectivity index (χ2v) is 6.34. The number of amides is 1. The van der Waals surface area contributed by atoms with E-state index >= 15 is 0 Å². The van der Waals surface area contributed by atoms with Crippen LogP contribution in [0.1, 0.15) is 29.8 Å². The zero-order valence-corrected chi connectivity index (χ0v) is 15.7. The van der Waals surface area contributed by atoms with Crippen molar-refractivity contribution in [2.24, 2.45) is 0 Å². The number of likely N-dealkylation sites (N-methyl/N-ethyl adjacent to an activating group) is 1. The van der Waals surface area contributed by atoms with E-state index in [0.717, 1.165) is 18.3 Å². The third-order valence-electron chi connectivity index (χ3n) is 3.67. The van der Waals surface area contributed by atoms with Crippen molar-refractivity contribution in [3.63, 3.8) is 0 Å². The second-order valence-electron chi connectivity index (χ2n) is 5.49. The molecule has 0 radical (unpaired) electrons. The predicted molar refractivity (Wildman–Crippen MR) is 92.8 cm³/mol. The molecule has 0 saturated carbocycles. The average molecular weight is 432 g/mol. The van der Waals surface area contributed by atoms with Crippen LogP contribution in [-0.4, -0.2) is 40.0 Å². The van der Waals surface area contributed by atoms with E-state index in [9.17, 15) is 18.0 Å². The van der Waals surface area contributed by atoms with Gasteiger partial charge in [0.25, 0.3) is 5.91 Å². The van der Waals surface area contributed by atoms with Crippen LogP contribution in [0.15, 0.2) is 41.3 Å². The number of nitrogens with zero attached hydrogens (tertiary/aromatic N) is 3. The van der Waals surface area contributed by atoms with Crippen LogP contribution in [0, 0.1) is 0 Å². The summed E-state index contributed by atoms with van der Waals surface area (Å²) in [5.74, 6) is -0.128. The number of hydrogen-bond donors (Lipinski definition) is 0. The molecule has 2 rings (SSSR count). The summed E-state index contributed by atoms with van der Waals surface area (Å²) in [4.78, 5) is 21.9. The van der Waals surface area contributed by atoms with Crippen LogP contribution < -0.4 is 4.74 Å². The Kier molecular flexibility index (Phi) is 6.57. The number of ether oxygens (including phenoxy) is 1. The third kappa shape index (κ3) is 4.94. The number of hydrogen-bond acceptors (Lipinski definition) is 4. The van der Waals surface area contributed by atoms with Gasteiger partial charge in [0.1, 0.15) is 6.61 Å². The van der Waals surface area contributed by atoms with Gasteiger partial charge in [0.05, 0.1) is 17.2 Å². The van der Waals surface area contributed by atoms with E-state index in [4.69, 9.17) is 4.74 Å². The van der Waals surface area contributed by atoms with Crippen molar-refractivity contribution in [1.29, 1.82) is 0 Å². The molecular formula is C17H17BrF3N3O2. The number of carbonyl (C=O) groups is 1. The van der Waals surface area contributed by atoms with Crippen molar-refractivity contribution >= 4 is 21.8 Å². The van der Waals surface area contributed by atoms with Gasteiger partial charge in [-0.25, -0.2) is 4.98 Å². The molecule has 5 nitrogen and oxygen atoms in total. The van der Waals surface area contributed by atoms with Crippen molar-refractivity contribution in [2.45, 2.75) is 26.1 Å². The van der Waals surface area contributed by atoms with E-state index in [0.29, 0.717) is 16.6 Å². The lowest BCUT2D eigenvalue weighted by atomic mass is 10.2. The maximum absolute atomic E-state index is 12.7. The molecule has 0 aromatic carbocycles. The SMILES string of the molecule is CCN(C(=O)c1ccncc1Br)C(C)COc1ccc(C(F)(F)F)cn1. The molecule has 0 aliphatic rings. The molecule has 26 heavy (non-hydrogen) atoms. The van der Waals surface area contributed by atoms with Gasteiger partial charge < -0.3 is 9.64 Å². The van der Waals surface area contributed by atoms with Crippen molar-refractivity contribution < 1.29 is 22.7 Å². The summed E-state index contributed by atoms with van der Waals surface area (Å²) in [6.07, 6.45) is -0.660. The van der Waals surface area contributed by atoms with Gasteiger partial charge in [0.2, 0.25) is 5.88 Å². The molecule has 0 N–H and O–H groups in total. The highest BCUT2D eigenvalue weighted by molar-refractivity contribution is 9.10. The van der Waals surface area contributed by atoms with Crippen molar-refractivity contribution in [1.82, 2.24) is 14.9 Å². The lowest BCUT2D eigenvalue weighted by molar-refractivity contribution is -0.137. The summed E-state index contributed by atoms with van der Waals surface area (Å²) in [5.41, 5.74) is -0.368. The highest BCUT2D eigenvalue weighted by Crippen LogP contribution is 2.29. The van der Waals surface area contributed by atoms with Crippen LogP contribution >= 0.6 is 15.9 Å². The van der Waals surface area contributed by atoms with Gasteiger partial charge in [-0.1, -0.05) is 0 Å². The number of aromatic nitrogens is 2. The average Bonchev–Trinajstić information content (AvgIpc) is 2.60. The van der Waals surface area contributed by atoms with Crippen molar-refractivity contribution in [3.8, 4) is 5.88 Å². The number of alkyl halides is 3. The van der Waals surface area contributed by atoms with Gasteiger partial charge in [-0.2, -0.15) is 13.2 Å². The molecule has 0 spiro atoms. The third-order valence-corrected chi connectivity index (χ3v) is 4.30. The number of pyridine rings is 2. The molecule has 1 unspecified atom stereocenters. The predicted octanol–water partition coefficient (Wildman–Crippen LogP) is 4.19. The molecule has 2 heterocycles. The Hall–Kier alpha value is -2.16. The summed E-state index contributed by atoms with van der Waals surface area (Å²) >= 11 is 3.30. The normalized spacial score (nSPS) is 12.5. The summed E-state index contributed by atoms with van der Waals surface area (Å²) in [6, 6.07) is 3.37. The Bertz CT molecular complexity index is 754. The summed E-state index contributed by atoms with van der Waals surface area (Å²) < 4.78 is 43.6. The fraction of sp³-hybridized carbons (Fsp3) is 0.353. The first-order chi connectivity index (χ1) is 12.2. The van der Waals surface area contributed by atoms with Gasteiger partial charge in [-0.05, 0) is 41.9 Å². The van der Waals surface area contributed by atoms with Gasteiger partial charge in [-0.3, -0.25) is 9.78 Å². The minimum Gasteiger partial charge on any atom is -0.475 e. The Morgan fingerprint density at radius 3 is 2.58 bits per heavy atom. The molecule has 140 valence electrons. The number of rotatable bonds is 6. The molecule has 0 bridgehead atoms. The van der Waals surface area contributed by atoms with Crippen LogP contribution in [0.25, 0.3) is 0 Å². The zero-order valence-electron chi connectivity index (χ0n) is 14.1. The fourth-order valence-electron chi connectivity index (χ4n) is 2.29. The molecule has 0 aliphatic carbocycles. The molecule has 2 aromatic rings. The van der Waals surface area contributed by atoms with Crippen LogP contribution in [0.2, 0.25) is 0 Å². The molecule has 0 saturated heterocycles. The van der Waals surface area contributed by atoms with E-state index in [2.05, 4.69) is 25.9 Å². The standard InChI is InChI=1S/C17H17BrF3N3O2/c1-3-24(16(25)13-6-7-22-9-14(13)18)11(2)10-26-15-5-4-12(8-23-15)17(19,20)21/h4-9,11H,3,10H2,1-2H3. The Balaban J connectivity index is 2.02. The van der Waals surface area contributed by atoms with E-state index in [1.165, 1.54) is 12.4 Å². The minimum absolute atomic E-state index is 0.0680.